The van der Waals surface area contributed by atoms with Crippen molar-refractivity contribution < 1.29 is 4.39 Å². The lowest BCUT2D eigenvalue weighted by molar-refractivity contribution is 0.162. The van der Waals surface area contributed by atoms with Crippen LogP contribution in [0.1, 0.15) is 49.1 Å². The van der Waals surface area contributed by atoms with Gasteiger partial charge in [-0.15, -0.1) is 0 Å². The molecule has 2 fully saturated rings. The number of likely N-dealkylation sites (tertiary alicyclic amines) is 1. The number of benzene rings is 2. The molecule has 2 nitrogen and oxygen atoms in total. The number of halogens is 1. The Bertz CT molecular complexity index is 741. The molecular weight excluding hydrogens is 347 g/mol. The van der Waals surface area contributed by atoms with Crippen molar-refractivity contribution in [3.63, 3.8) is 0 Å². The van der Waals surface area contributed by atoms with Gasteiger partial charge in [-0.3, -0.25) is 4.90 Å². The van der Waals surface area contributed by atoms with Crippen LogP contribution >= 0.6 is 0 Å². The van der Waals surface area contributed by atoms with Crippen molar-refractivity contribution in [1.82, 2.24) is 9.80 Å². The van der Waals surface area contributed by atoms with Gasteiger partial charge in [0.05, 0.1) is 0 Å². The molecule has 1 saturated heterocycles. The predicted molar refractivity (Wildman–Crippen MR) is 114 cm³/mol. The fourth-order valence-electron chi connectivity index (χ4n) is 5.27. The fourth-order valence-corrected chi connectivity index (χ4v) is 5.27. The maximum atomic E-state index is 13.9. The van der Waals surface area contributed by atoms with Gasteiger partial charge in [-0.05, 0) is 49.1 Å². The molecule has 2 aromatic rings. The zero-order valence-corrected chi connectivity index (χ0v) is 17.1. The van der Waals surface area contributed by atoms with E-state index in [1.165, 1.54) is 37.7 Å². The van der Waals surface area contributed by atoms with E-state index in [9.17, 15) is 4.39 Å². The van der Waals surface area contributed by atoms with Gasteiger partial charge in [-0.2, -0.15) is 0 Å². The van der Waals surface area contributed by atoms with E-state index in [4.69, 9.17) is 0 Å². The van der Waals surface area contributed by atoms with Crippen LogP contribution in [0.3, 0.4) is 0 Å². The van der Waals surface area contributed by atoms with Gasteiger partial charge in [0, 0.05) is 38.1 Å². The van der Waals surface area contributed by atoms with E-state index in [2.05, 4.69) is 53.2 Å². The van der Waals surface area contributed by atoms with E-state index < -0.39 is 0 Å². The zero-order chi connectivity index (χ0) is 19.3. The summed E-state index contributed by atoms with van der Waals surface area (Å²) >= 11 is 0. The maximum Gasteiger partial charge on any atom is 0.123 e. The second-order valence-electron chi connectivity index (χ2n) is 8.83. The molecule has 0 bridgehead atoms. The molecule has 2 aromatic carbocycles. The molecule has 1 heterocycles. The van der Waals surface area contributed by atoms with E-state index in [0.29, 0.717) is 11.8 Å². The van der Waals surface area contributed by atoms with E-state index in [1.807, 2.05) is 6.07 Å². The Hall–Kier alpha value is -1.71. The van der Waals surface area contributed by atoms with E-state index in [0.717, 1.165) is 37.8 Å². The third kappa shape index (κ3) is 4.82. The normalized spacial score (nSPS) is 24.1. The smallest absolute Gasteiger partial charge is 0.123 e. The van der Waals surface area contributed by atoms with Crippen LogP contribution in [0.25, 0.3) is 0 Å². The standard InChI is InChI=1S/C25H33FN2/c1-27(24-13-6-3-7-14-24)17-22-18-28(16-20-9-4-2-5-10-20)19-25(22)21-11-8-12-23(26)15-21/h2,4-5,8-12,15,22,24-25H,3,6-7,13-14,16-19H2,1H3. The summed E-state index contributed by atoms with van der Waals surface area (Å²) in [7, 11) is 2.30. The molecule has 150 valence electrons. The number of rotatable bonds is 6. The Morgan fingerprint density at radius 3 is 2.50 bits per heavy atom. The van der Waals surface area contributed by atoms with Crippen molar-refractivity contribution in [3.05, 3.63) is 71.5 Å². The highest BCUT2D eigenvalue weighted by Crippen LogP contribution is 2.35. The first kappa shape index (κ1) is 19.6. The molecule has 2 aliphatic rings. The summed E-state index contributed by atoms with van der Waals surface area (Å²) in [6.45, 7) is 4.20. The first-order chi connectivity index (χ1) is 13.7. The maximum absolute atomic E-state index is 13.9. The minimum Gasteiger partial charge on any atom is -0.303 e. The minimum absolute atomic E-state index is 0.113. The summed E-state index contributed by atoms with van der Waals surface area (Å²) in [6, 6.07) is 18.7. The van der Waals surface area contributed by atoms with Gasteiger partial charge < -0.3 is 4.90 Å². The minimum atomic E-state index is -0.113. The van der Waals surface area contributed by atoms with Gasteiger partial charge in [0.25, 0.3) is 0 Å². The molecule has 2 atom stereocenters. The number of nitrogens with zero attached hydrogens (tertiary/aromatic N) is 2. The van der Waals surface area contributed by atoms with E-state index >= 15 is 0 Å². The highest BCUT2D eigenvalue weighted by Gasteiger charge is 2.35. The molecule has 1 saturated carbocycles. The van der Waals surface area contributed by atoms with Crippen molar-refractivity contribution in [2.45, 2.75) is 50.6 Å². The molecule has 0 radical (unpaired) electrons. The molecule has 2 unspecified atom stereocenters. The summed E-state index contributed by atoms with van der Waals surface area (Å²) in [5.41, 5.74) is 2.53. The Morgan fingerprint density at radius 1 is 0.964 bits per heavy atom. The van der Waals surface area contributed by atoms with Gasteiger partial charge in [0.2, 0.25) is 0 Å². The summed E-state index contributed by atoms with van der Waals surface area (Å²) in [6.07, 6.45) is 6.80. The largest absolute Gasteiger partial charge is 0.303 e. The van der Waals surface area contributed by atoms with Crippen molar-refractivity contribution in [2.75, 3.05) is 26.7 Å². The van der Waals surface area contributed by atoms with Crippen molar-refractivity contribution in [1.29, 1.82) is 0 Å². The number of hydrogen-bond acceptors (Lipinski definition) is 2. The third-order valence-corrected chi connectivity index (χ3v) is 6.76. The topological polar surface area (TPSA) is 6.48 Å². The van der Waals surface area contributed by atoms with Crippen LogP contribution < -0.4 is 0 Å². The third-order valence-electron chi connectivity index (χ3n) is 6.76. The van der Waals surface area contributed by atoms with Gasteiger partial charge in [0.1, 0.15) is 5.82 Å². The van der Waals surface area contributed by atoms with Crippen molar-refractivity contribution in [3.8, 4) is 0 Å². The molecule has 1 aliphatic heterocycles. The molecular formula is C25H33FN2. The van der Waals surface area contributed by atoms with Crippen molar-refractivity contribution >= 4 is 0 Å². The lowest BCUT2D eigenvalue weighted by Gasteiger charge is -2.34. The van der Waals surface area contributed by atoms with Crippen LogP contribution in [0.4, 0.5) is 4.39 Å². The van der Waals surface area contributed by atoms with E-state index in [-0.39, 0.29) is 5.82 Å². The van der Waals surface area contributed by atoms with Gasteiger partial charge >= 0.3 is 0 Å². The van der Waals surface area contributed by atoms with Crippen molar-refractivity contribution in [2.24, 2.45) is 5.92 Å². The summed E-state index contributed by atoms with van der Waals surface area (Å²) in [4.78, 5) is 5.16. The molecule has 1 aliphatic carbocycles. The molecule has 0 amide bonds. The van der Waals surface area contributed by atoms with Crippen LogP contribution in [0.5, 0.6) is 0 Å². The Balaban J connectivity index is 1.48. The lowest BCUT2D eigenvalue weighted by Crippen LogP contribution is -2.38. The predicted octanol–water partition coefficient (Wildman–Crippen LogP) is 5.31. The average Bonchev–Trinajstić information content (AvgIpc) is 3.11. The van der Waals surface area contributed by atoms with Gasteiger partial charge in [0.15, 0.2) is 0 Å². The second kappa shape index (κ2) is 9.19. The monoisotopic (exact) mass is 380 g/mol. The van der Waals surface area contributed by atoms with Gasteiger partial charge in [-0.25, -0.2) is 4.39 Å². The Labute approximate surface area is 169 Å². The Morgan fingerprint density at radius 2 is 1.75 bits per heavy atom. The van der Waals surface area contributed by atoms with Crippen LogP contribution in [0, 0.1) is 11.7 Å². The molecule has 3 heteroatoms. The fraction of sp³-hybridized carbons (Fsp3) is 0.520. The number of hydrogen-bond donors (Lipinski definition) is 0. The molecule has 4 rings (SSSR count). The Kier molecular flexibility index (Phi) is 6.43. The van der Waals surface area contributed by atoms with Gasteiger partial charge in [-0.1, -0.05) is 61.7 Å². The SMILES string of the molecule is CN(CC1CN(Cc2ccccc2)CC1c1cccc(F)c1)C1CCCCC1. The second-order valence-corrected chi connectivity index (χ2v) is 8.83. The van der Waals surface area contributed by atoms with Crippen LogP contribution in [-0.2, 0) is 6.54 Å². The van der Waals surface area contributed by atoms with Crippen LogP contribution in [0.15, 0.2) is 54.6 Å². The quantitative estimate of drug-likeness (QED) is 0.670. The average molecular weight is 381 g/mol. The molecule has 0 aromatic heterocycles. The first-order valence-electron chi connectivity index (χ1n) is 10.9. The lowest BCUT2D eigenvalue weighted by atomic mass is 9.87. The molecule has 28 heavy (non-hydrogen) atoms. The molecule has 0 spiro atoms. The zero-order valence-electron chi connectivity index (χ0n) is 17.1. The highest BCUT2D eigenvalue weighted by molar-refractivity contribution is 5.24. The highest BCUT2D eigenvalue weighted by atomic mass is 19.1. The summed E-state index contributed by atoms with van der Waals surface area (Å²) < 4.78 is 13.9. The molecule has 0 N–H and O–H groups in total. The summed E-state index contributed by atoms with van der Waals surface area (Å²) in [5.74, 6) is 0.848. The van der Waals surface area contributed by atoms with E-state index in [1.54, 1.807) is 12.1 Å². The summed E-state index contributed by atoms with van der Waals surface area (Å²) in [5, 5.41) is 0. The first-order valence-corrected chi connectivity index (χ1v) is 10.9. The van der Waals surface area contributed by atoms with Crippen LogP contribution in [-0.4, -0.2) is 42.5 Å². The van der Waals surface area contributed by atoms with Crippen LogP contribution in [0.2, 0.25) is 0 Å².